The highest BCUT2D eigenvalue weighted by molar-refractivity contribution is 8.00. The highest BCUT2D eigenvalue weighted by Crippen LogP contribution is 2.40. The molecule has 1 amide bonds. The van der Waals surface area contributed by atoms with Crippen LogP contribution in [0, 0.1) is 0 Å². The van der Waals surface area contributed by atoms with Crippen molar-refractivity contribution >= 4 is 29.6 Å². The highest BCUT2D eigenvalue weighted by Gasteiger charge is 2.51. The number of β-lactam (4-membered cyclic amide) rings is 1. The van der Waals surface area contributed by atoms with Crippen molar-refractivity contribution in [2.24, 2.45) is 11.6 Å². The molecule has 2 aliphatic rings. The van der Waals surface area contributed by atoms with Gasteiger partial charge in [-0.1, -0.05) is 0 Å². The molecule has 1 saturated heterocycles. The van der Waals surface area contributed by atoms with Gasteiger partial charge >= 0.3 is 11.9 Å². The number of fused-ring (bicyclic) bond motifs is 1. The average Bonchev–Trinajstić information content (AvgIpc) is 2.36. The molecule has 0 aromatic rings. The van der Waals surface area contributed by atoms with Gasteiger partial charge in [0.2, 0.25) is 5.91 Å². The second-order valence-corrected chi connectivity index (χ2v) is 4.96. The Balaban J connectivity index is 2.32. The molecule has 2 atom stereocenters. The van der Waals surface area contributed by atoms with Gasteiger partial charge in [0.05, 0.1) is 6.42 Å². The van der Waals surface area contributed by atoms with Crippen LogP contribution in [0.4, 0.5) is 0 Å². The minimum absolute atomic E-state index is 0.184. The lowest BCUT2D eigenvalue weighted by Gasteiger charge is -2.47. The first-order chi connectivity index (χ1) is 8.47. The summed E-state index contributed by atoms with van der Waals surface area (Å²) in [5.74, 6) is 2.54. The number of carboxylic acids is 1. The first kappa shape index (κ1) is 12.9. The summed E-state index contributed by atoms with van der Waals surface area (Å²) >= 11 is 1.32. The van der Waals surface area contributed by atoms with E-state index in [1.807, 2.05) is 0 Å². The number of rotatable bonds is 3. The molecule has 2 heterocycles. The van der Waals surface area contributed by atoms with Crippen LogP contribution in [-0.4, -0.2) is 45.0 Å². The SMILES string of the molecule is NOC(=O)CC1=C(C(=O)O)N2C(=O)C(N)[C@H]2SC1. The zero-order valence-corrected chi connectivity index (χ0v) is 9.98. The molecule has 18 heavy (non-hydrogen) atoms. The number of carbonyl (C=O) groups excluding carboxylic acids is 2. The van der Waals surface area contributed by atoms with E-state index < -0.39 is 23.9 Å². The molecule has 2 rings (SSSR count). The Morgan fingerprint density at radius 1 is 1.56 bits per heavy atom. The molecule has 1 unspecified atom stereocenters. The van der Waals surface area contributed by atoms with E-state index in [4.69, 9.17) is 16.7 Å². The van der Waals surface area contributed by atoms with Crippen molar-refractivity contribution in [3.05, 3.63) is 11.3 Å². The standard InChI is InChI=1S/C9H11N3O5S/c10-5-7(14)12-6(9(15)16)3(1-4(13)17-11)2-18-8(5)12/h5,8H,1-2,10-11H2,(H,15,16)/t5?,8-/m1/s1. The zero-order valence-electron chi connectivity index (χ0n) is 9.16. The summed E-state index contributed by atoms with van der Waals surface area (Å²) in [6.45, 7) is 0. The summed E-state index contributed by atoms with van der Waals surface area (Å²) in [6, 6.07) is -0.688. The van der Waals surface area contributed by atoms with E-state index in [2.05, 4.69) is 4.84 Å². The second kappa shape index (κ2) is 4.59. The van der Waals surface area contributed by atoms with Crippen LogP contribution in [0.5, 0.6) is 0 Å². The lowest BCUT2D eigenvalue weighted by Crippen LogP contribution is -2.68. The van der Waals surface area contributed by atoms with Crippen molar-refractivity contribution in [2.45, 2.75) is 17.8 Å². The van der Waals surface area contributed by atoms with Crippen LogP contribution in [0.2, 0.25) is 0 Å². The minimum atomic E-state index is -1.26. The largest absolute Gasteiger partial charge is 0.477 e. The first-order valence-electron chi connectivity index (χ1n) is 5.02. The van der Waals surface area contributed by atoms with Crippen LogP contribution in [0.3, 0.4) is 0 Å². The fourth-order valence-electron chi connectivity index (χ4n) is 1.93. The lowest BCUT2D eigenvalue weighted by molar-refractivity contribution is -0.148. The van der Waals surface area contributed by atoms with Crippen molar-refractivity contribution in [1.82, 2.24) is 4.90 Å². The molecule has 98 valence electrons. The van der Waals surface area contributed by atoms with E-state index in [1.54, 1.807) is 0 Å². The Bertz CT molecular complexity index is 463. The Morgan fingerprint density at radius 2 is 2.22 bits per heavy atom. The molecule has 0 saturated carbocycles. The summed E-state index contributed by atoms with van der Waals surface area (Å²) in [5, 5.41) is 8.76. The van der Waals surface area contributed by atoms with E-state index in [0.29, 0.717) is 11.3 Å². The third kappa shape index (κ3) is 1.85. The van der Waals surface area contributed by atoms with Gasteiger partial charge in [-0.2, -0.15) is 5.90 Å². The summed E-state index contributed by atoms with van der Waals surface area (Å²) in [6.07, 6.45) is -0.253. The van der Waals surface area contributed by atoms with E-state index >= 15 is 0 Å². The van der Waals surface area contributed by atoms with Gasteiger partial charge in [-0.25, -0.2) is 4.79 Å². The van der Waals surface area contributed by atoms with Crippen LogP contribution in [0.25, 0.3) is 0 Å². The van der Waals surface area contributed by atoms with Gasteiger partial charge in [-0.3, -0.25) is 14.5 Å². The number of hydrogen-bond acceptors (Lipinski definition) is 7. The van der Waals surface area contributed by atoms with Crippen LogP contribution < -0.4 is 11.6 Å². The Kier molecular flexibility index (Phi) is 3.28. The van der Waals surface area contributed by atoms with Gasteiger partial charge in [-0.15, -0.1) is 11.8 Å². The topological polar surface area (TPSA) is 136 Å². The molecule has 1 fully saturated rings. The van der Waals surface area contributed by atoms with E-state index in [-0.39, 0.29) is 17.5 Å². The number of nitrogens with zero attached hydrogens (tertiary/aromatic N) is 1. The van der Waals surface area contributed by atoms with Gasteiger partial charge in [0, 0.05) is 5.75 Å². The number of hydrogen-bond donors (Lipinski definition) is 3. The number of nitrogens with two attached hydrogens (primary N) is 2. The van der Waals surface area contributed by atoms with Crippen molar-refractivity contribution in [2.75, 3.05) is 5.75 Å². The molecular formula is C9H11N3O5S. The molecule has 0 aromatic heterocycles. The predicted molar refractivity (Wildman–Crippen MR) is 60.6 cm³/mol. The van der Waals surface area contributed by atoms with Crippen LogP contribution in [0.1, 0.15) is 6.42 Å². The van der Waals surface area contributed by atoms with Crippen molar-refractivity contribution < 1.29 is 24.3 Å². The second-order valence-electron chi connectivity index (χ2n) is 3.86. The molecular weight excluding hydrogens is 262 g/mol. The maximum Gasteiger partial charge on any atom is 0.352 e. The average molecular weight is 273 g/mol. The molecule has 2 aliphatic heterocycles. The van der Waals surface area contributed by atoms with Crippen molar-refractivity contribution in [3.63, 3.8) is 0 Å². The number of carboxylic acid groups (broad SMARTS) is 1. The van der Waals surface area contributed by atoms with Crippen LogP contribution in [-0.2, 0) is 19.2 Å². The fraction of sp³-hybridized carbons (Fsp3) is 0.444. The predicted octanol–water partition coefficient (Wildman–Crippen LogP) is -1.63. The van der Waals surface area contributed by atoms with E-state index in [9.17, 15) is 14.4 Å². The third-order valence-electron chi connectivity index (χ3n) is 2.78. The maximum absolute atomic E-state index is 11.6. The summed E-state index contributed by atoms with van der Waals surface area (Å²) in [4.78, 5) is 39.0. The summed E-state index contributed by atoms with van der Waals surface area (Å²) in [7, 11) is 0. The van der Waals surface area contributed by atoms with E-state index in [0.717, 1.165) is 4.90 Å². The number of thioether (sulfide) groups is 1. The van der Waals surface area contributed by atoms with Gasteiger partial charge in [-0.05, 0) is 5.57 Å². The molecule has 0 spiro atoms. The molecule has 0 bridgehead atoms. The third-order valence-corrected chi connectivity index (χ3v) is 4.14. The Labute approximate surface area is 106 Å². The molecule has 5 N–H and O–H groups in total. The van der Waals surface area contributed by atoms with E-state index in [1.165, 1.54) is 11.8 Å². The number of aliphatic carboxylic acids is 1. The normalized spacial score (nSPS) is 26.6. The number of amides is 1. The van der Waals surface area contributed by atoms with Gasteiger partial charge in [0.1, 0.15) is 17.1 Å². The molecule has 0 aromatic carbocycles. The zero-order chi connectivity index (χ0) is 13.4. The quantitative estimate of drug-likeness (QED) is 0.412. The fourth-order valence-corrected chi connectivity index (χ4v) is 3.22. The smallest absolute Gasteiger partial charge is 0.352 e. The molecule has 0 aliphatic carbocycles. The van der Waals surface area contributed by atoms with Crippen molar-refractivity contribution in [1.29, 1.82) is 0 Å². The molecule has 9 heteroatoms. The summed E-state index contributed by atoms with van der Waals surface area (Å²) < 4.78 is 0. The number of carbonyl (C=O) groups is 3. The van der Waals surface area contributed by atoms with Crippen molar-refractivity contribution in [3.8, 4) is 0 Å². The summed E-state index contributed by atoms with van der Waals surface area (Å²) in [5.41, 5.74) is 5.69. The molecule has 0 radical (unpaired) electrons. The van der Waals surface area contributed by atoms with Crippen LogP contribution in [0.15, 0.2) is 11.3 Å². The maximum atomic E-state index is 11.6. The Hall–Kier alpha value is -1.58. The minimum Gasteiger partial charge on any atom is -0.477 e. The Morgan fingerprint density at radius 3 is 2.78 bits per heavy atom. The van der Waals surface area contributed by atoms with Gasteiger partial charge in [0.25, 0.3) is 0 Å². The van der Waals surface area contributed by atoms with Crippen LogP contribution >= 0.6 is 11.8 Å². The highest BCUT2D eigenvalue weighted by atomic mass is 32.2. The van der Waals surface area contributed by atoms with Gasteiger partial charge < -0.3 is 15.7 Å². The monoisotopic (exact) mass is 273 g/mol. The first-order valence-corrected chi connectivity index (χ1v) is 6.07. The van der Waals surface area contributed by atoms with Gasteiger partial charge in [0.15, 0.2) is 0 Å². The lowest BCUT2D eigenvalue weighted by atomic mass is 10.0. The molecule has 8 nitrogen and oxygen atoms in total.